The molecule has 0 heterocycles. The first-order valence-corrected chi connectivity index (χ1v) is 7.93. The number of halogens is 2. The molecule has 0 aromatic heterocycles. The summed E-state index contributed by atoms with van der Waals surface area (Å²) < 4.78 is 24.5. The first kappa shape index (κ1) is 17.8. The van der Waals surface area contributed by atoms with Crippen LogP contribution in [-0.2, 0) is 0 Å². The topological polar surface area (TPSA) is 42.2 Å². The molecule has 0 bridgehead atoms. The lowest BCUT2D eigenvalue weighted by Gasteiger charge is -2.13. The summed E-state index contributed by atoms with van der Waals surface area (Å²) in [5, 5.41) is 9.78. The Morgan fingerprint density at radius 2 is 1.96 bits per heavy atom. The maximum atomic E-state index is 13.4. The minimum Gasteiger partial charge on any atom is -0.490 e. The van der Waals surface area contributed by atoms with Crippen molar-refractivity contribution in [2.75, 3.05) is 13.2 Å². The van der Waals surface area contributed by atoms with Crippen LogP contribution in [0.5, 0.6) is 11.5 Å². The minimum atomic E-state index is -0.395. The second kappa shape index (κ2) is 8.37. The summed E-state index contributed by atoms with van der Waals surface area (Å²) in [5.41, 5.74) is 1.50. The summed E-state index contributed by atoms with van der Waals surface area (Å²) >= 11 is 6.27. The average molecular weight is 346 g/mol. The fourth-order valence-electron chi connectivity index (χ4n) is 2.22. The van der Waals surface area contributed by atoms with E-state index < -0.39 is 5.82 Å². The smallest absolute Gasteiger partial charge is 0.179 e. The second-order valence-electron chi connectivity index (χ2n) is 4.88. The largest absolute Gasteiger partial charge is 0.490 e. The maximum Gasteiger partial charge on any atom is 0.179 e. The van der Waals surface area contributed by atoms with Gasteiger partial charge in [0.15, 0.2) is 11.5 Å². The van der Waals surface area contributed by atoms with E-state index >= 15 is 0 Å². The number of allylic oxidation sites excluding steroid dienone is 1. The Labute approximate surface area is 145 Å². The van der Waals surface area contributed by atoms with Crippen LogP contribution >= 0.6 is 11.6 Å². The van der Waals surface area contributed by atoms with Crippen LogP contribution in [0, 0.1) is 17.1 Å². The Balaban J connectivity index is 2.49. The van der Waals surface area contributed by atoms with E-state index in [-0.39, 0.29) is 0 Å². The summed E-state index contributed by atoms with van der Waals surface area (Å²) in [4.78, 5) is 0. The number of nitrogens with zero attached hydrogens (tertiary/aromatic N) is 1. The molecular weight excluding hydrogens is 329 g/mol. The van der Waals surface area contributed by atoms with E-state index in [2.05, 4.69) is 6.07 Å². The third-order valence-corrected chi connectivity index (χ3v) is 3.47. The third-order valence-electron chi connectivity index (χ3n) is 3.19. The van der Waals surface area contributed by atoms with Gasteiger partial charge in [0.05, 0.1) is 29.9 Å². The molecule has 2 aromatic rings. The van der Waals surface area contributed by atoms with E-state index in [1.165, 1.54) is 12.1 Å². The van der Waals surface area contributed by atoms with E-state index in [9.17, 15) is 9.65 Å². The summed E-state index contributed by atoms with van der Waals surface area (Å²) in [7, 11) is 0. The molecular formula is C19H17ClFNO2. The van der Waals surface area contributed by atoms with Crippen LogP contribution in [0.1, 0.15) is 25.0 Å². The fourth-order valence-corrected chi connectivity index (χ4v) is 2.50. The number of benzene rings is 2. The van der Waals surface area contributed by atoms with E-state index in [1.807, 2.05) is 13.8 Å². The number of hydrogen-bond acceptors (Lipinski definition) is 3. The number of nitriles is 1. The highest BCUT2D eigenvalue weighted by atomic mass is 35.5. The van der Waals surface area contributed by atoms with Gasteiger partial charge in [0, 0.05) is 0 Å². The van der Waals surface area contributed by atoms with Gasteiger partial charge in [-0.1, -0.05) is 23.7 Å². The van der Waals surface area contributed by atoms with Crippen LogP contribution < -0.4 is 9.47 Å². The molecule has 0 aliphatic heterocycles. The predicted molar refractivity (Wildman–Crippen MR) is 93.7 cm³/mol. The normalized spacial score (nSPS) is 11.0. The lowest BCUT2D eigenvalue weighted by atomic mass is 10.0. The zero-order valence-corrected chi connectivity index (χ0v) is 14.2. The molecule has 5 heteroatoms. The molecule has 0 fully saturated rings. The Morgan fingerprint density at radius 1 is 1.21 bits per heavy atom. The highest BCUT2D eigenvalue weighted by Gasteiger charge is 2.12. The molecule has 124 valence electrons. The summed E-state index contributed by atoms with van der Waals surface area (Å²) in [6, 6.07) is 11.4. The van der Waals surface area contributed by atoms with Crippen LogP contribution in [0.2, 0.25) is 5.02 Å². The van der Waals surface area contributed by atoms with Gasteiger partial charge in [-0.2, -0.15) is 5.26 Å². The molecule has 0 spiro atoms. The van der Waals surface area contributed by atoms with Crippen molar-refractivity contribution in [3.05, 3.63) is 58.4 Å². The molecule has 0 aliphatic carbocycles. The van der Waals surface area contributed by atoms with Gasteiger partial charge < -0.3 is 9.47 Å². The van der Waals surface area contributed by atoms with Gasteiger partial charge >= 0.3 is 0 Å². The van der Waals surface area contributed by atoms with Gasteiger partial charge in [-0.3, -0.25) is 0 Å². The lowest BCUT2D eigenvalue weighted by Crippen LogP contribution is -1.99. The number of hydrogen-bond donors (Lipinski definition) is 0. The van der Waals surface area contributed by atoms with Crippen molar-refractivity contribution in [1.82, 2.24) is 0 Å². The second-order valence-corrected chi connectivity index (χ2v) is 5.28. The number of ether oxygens (including phenoxy) is 2. The zero-order chi connectivity index (χ0) is 17.5. The van der Waals surface area contributed by atoms with Crippen LogP contribution in [0.3, 0.4) is 0 Å². The van der Waals surface area contributed by atoms with Crippen LogP contribution in [-0.4, -0.2) is 13.2 Å². The van der Waals surface area contributed by atoms with Gasteiger partial charge in [-0.05, 0) is 55.3 Å². The number of rotatable bonds is 6. The predicted octanol–water partition coefficient (Wildman–Crippen LogP) is 5.34. The SMILES string of the molecule is CCOc1cc(/C=C(/C#N)c2cccc(F)c2)cc(Cl)c1OCC. The summed E-state index contributed by atoms with van der Waals surface area (Å²) in [6.07, 6.45) is 1.64. The van der Waals surface area contributed by atoms with E-state index in [0.29, 0.717) is 46.4 Å². The van der Waals surface area contributed by atoms with Gasteiger partial charge in [0.25, 0.3) is 0 Å². The molecule has 24 heavy (non-hydrogen) atoms. The Bertz CT molecular complexity index is 796. The van der Waals surface area contributed by atoms with E-state index in [0.717, 1.165) is 0 Å². The summed E-state index contributed by atoms with van der Waals surface area (Å²) in [6.45, 7) is 4.64. The Morgan fingerprint density at radius 3 is 2.58 bits per heavy atom. The van der Waals surface area contributed by atoms with E-state index in [1.54, 1.807) is 30.3 Å². The lowest BCUT2D eigenvalue weighted by molar-refractivity contribution is 0.288. The Kier molecular flexibility index (Phi) is 6.22. The third kappa shape index (κ3) is 4.27. The maximum absolute atomic E-state index is 13.4. The molecule has 0 saturated carbocycles. The van der Waals surface area contributed by atoms with E-state index in [4.69, 9.17) is 21.1 Å². The molecule has 2 rings (SSSR count). The van der Waals surface area contributed by atoms with Crippen molar-refractivity contribution in [2.24, 2.45) is 0 Å². The van der Waals surface area contributed by atoms with Crippen molar-refractivity contribution < 1.29 is 13.9 Å². The monoisotopic (exact) mass is 345 g/mol. The standard InChI is InChI=1S/C19H17ClFNO2/c1-3-23-18-10-13(9-17(20)19(18)24-4-2)8-15(12-22)14-6-5-7-16(21)11-14/h5-11H,3-4H2,1-2H3/b15-8-. The molecule has 3 nitrogen and oxygen atoms in total. The molecule has 0 amide bonds. The molecule has 0 unspecified atom stereocenters. The highest BCUT2D eigenvalue weighted by molar-refractivity contribution is 6.32. The van der Waals surface area contributed by atoms with Crippen LogP contribution in [0.4, 0.5) is 4.39 Å². The Hall–Kier alpha value is -2.51. The highest BCUT2D eigenvalue weighted by Crippen LogP contribution is 2.37. The molecule has 0 atom stereocenters. The van der Waals surface area contributed by atoms with Crippen molar-refractivity contribution in [2.45, 2.75) is 13.8 Å². The van der Waals surface area contributed by atoms with Gasteiger partial charge in [-0.25, -0.2) is 4.39 Å². The van der Waals surface area contributed by atoms with Crippen LogP contribution in [0.15, 0.2) is 36.4 Å². The van der Waals surface area contributed by atoms with Gasteiger partial charge in [-0.15, -0.1) is 0 Å². The van der Waals surface area contributed by atoms with Crippen molar-refractivity contribution in [3.8, 4) is 17.6 Å². The van der Waals surface area contributed by atoms with Crippen molar-refractivity contribution >= 4 is 23.3 Å². The minimum absolute atomic E-state index is 0.331. The van der Waals surface area contributed by atoms with Crippen molar-refractivity contribution in [1.29, 1.82) is 5.26 Å². The molecule has 2 aromatic carbocycles. The van der Waals surface area contributed by atoms with Crippen molar-refractivity contribution in [3.63, 3.8) is 0 Å². The molecule has 0 radical (unpaired) electrons. The van der Waals surface area contributed by atoms with Gasteiger partial charge in [0.2, 0.25) is 0 Å². The van der Waals surface area contributed by atoms with Crippen LogP contribution in [0.25, 0.3) is 11.6 Å². The average Bonchev–Trinajstić information content (AvgIpc) is 2.56. The first-order valence-electron chi connectivity index (χ1n) is 7.55. The quantitative estimate of drug-likeness (QED) is 0.524. The zero-order valence-electron chi connectivity index (χ0n) is 13.5. The molecule has 0 N–H and O–H groups in total. The molecule has 0 saturated heterocycles. The fraction of sp³-hybridized carbons (Fsp3) is 0.211. The summed E-state index contributed by atoms with van der Waals surface area (Å²) in [5.74, 6) is 0.588. The first-order chi connectivity index (χ1) is 11.6. The van der Waals surface area contributed by atoms with Gasteiger partial charge in [0.1, 0.15) is 5.82 Å². The molecule has 0 aliphatic rings.